The van der Waals surface area contributed by atoms with E-state index in [9.17, 15) is 5.53 Å². The van der Waals surface area contributed by atoms with Gasteiger partial charge in [0.15, 0.2) is 0 Å². The molecule has 0 saturated carbocycles. The van der Waals surface area contributed by atoms with Gasteiger partial charge in [0.2, 0.25) is 11.4 Å². The topological polar surface area (TPSA) is 25.3 Å². The molecule has 0 aliphatic carbocycles. The minimum absolute atomic E-state index is 0.875. The molecule has 2 aromatic carbocycles. The van der Waals surface area contributed by atoms with E-state index in [1.165, 1.54) is 181 Å². The van der Waals surface area contributed by atoms with Crippen LogP contribution < -0.4 is 0 Å². The van der Waals surface area contributed by atoms with Crippen molar-refractivity contribution in [2.24, 2.45) is 0 Å². The van der Waals surface area contributed by atoms with Gasteiger partial charge < -0.3 is 5.53 Å². The zero-order valence-corrected chi connectivity index (χ0v) is 44.8. The molecule has 0 atom stereocenters. The molecule has 1 heterocycles. The molecule has 0 fully saturated rings. The standard InChI is InChI=1S/C64H102N2/c1-9-17-19-21-23-25-26-27-28-29-30-31-32-33-34-36-38-40-42-48-62-61(47-41-39-37-35-24-22-20-18-10-2)63(57-49-53(43-11-3)59(15-7)54(50-57)44-12-4)66(65)64(62)58-51-55(45-13-5)60(16-8)56(52-58)46-14-6/h42,48-52H,9-40,43-46H2,1-8H3. The third-order valence-electron chi connectivity index (χ3n) is 14.3. The molecule has 2 nitrogen and oxygen atoms in total. The first kappa shape index (κ1) is 57.1. The van der Waals surface area contributed by atoms with Crippen molar-refractivity contribution in [2.75, 3.05) is 0 Å². The number of nitrogens with zero attached hydrogens (tertiary/aromatic N) is 2. The van der Waals surface area contributed by atoms with Gasteiger partial charge in [-0.2, -0.15) is 0 Å². The van der Waals surface area contributed by atoms with E-state index in [0.717, 1.165) is 117 Å². The molecule has 0 amide bonds. The fraction of sp³-hybridized carbons (Fsp3) is 0.688. The second-order valence-corrected chi connectivity index (χ2v) is 20.1. The van der Waals surface area contributed by atoms with E-state index in [1.54, 1.807) is 4.70 Å². The molecular formula is C64H102N2. The molecule has 3 rings (SSSR count). The van der Waals surface area contributed by atoms with Crippen LogP contribution in [0, 0.1) is 11.8 Å². The van der Waals surface area contributed by atoms with Gasteiger partial charge in [-0.15, -0.1) is 0 Å². The van der Waals surface area contributed by atoms with Crippen LogP contribution in [0.2, 0.25) is 0 Å². The minimum atomic E-state index is 0.875. The van der Waals surface area contributed by atoms with Gasteiger partial charge in [0.25, 0.3) is 0 Å². The van der Waals surface area contributed by atoms with E-state index in [0.29, 0.717) is 0 Å². The zero-order chi connectivity index (χ0) is 47.6. The summed E-state index contributed by atoms with van der Waals surface area (Å²) < 4.78 is 1.58. The van der Waals surface area contributed by atoms with Gasteiger partial charge in [-0.1, -0.05) is 246 Å². The predicted octanol–water partition coefficient (Wildman–Crippen LogP) is 20.5. The lowest BCUT2D eigenvalue weighted by Gasteiger charge is -2.18. The third kappa shape index (κ3) is 19.8. The molecule has 2 aromatic rings. The Morgan fingerprint density at radius 3 is 1.14 bits per heavy atom. The molecular weight excluding hydrogens is 797 g/mol. The van der Waals surface area contributed by atoms with Crippen molar-refractivity contribution in [3.63, 3.8) is 0 Å². The average molecular weight is 900 g/mol. The highest BCUT2D eigenvalue weighted by Gasteiger charge is 2.35. The van der Waals surface area contributed by atoms with Gasteiger partial charge in [0.1, 0.15) is 5.57 Å². The summed E-state index contributed by atoms with van der Waals surface area (Å²) >= 11 is 0. The highest BCUT2D eigenvalue weighted by atomic mass is 15.2. The zero-order valence-electron chi connectivity index (χ0n) is 44.8. The Labute approximate surface area is 410 Å². The minimum Gasteiger partial charge on any atom is -0.493 e. The lowest BCUT2D eigenvalue weighted by molar-refractivity contribution is -0.344. The van der Waals surface area contributed by atoms with Crippen molar-refractivity contribution in [2.45, 2.75) is 287 Å². The smallest absolute Gasteiger partial charge is 0.224 e. The second-order valence-electron chi connectivity index (χ2n) is 20.1. The van der Waals surface area contributed by atoms with Crippen molar-refractivity contribution < 1.29 is 4.70 Å². The number of unbranched alkanes of at least 4 members (excludes halogenated alkanes) is 24. The van der Waals surface area contributed by atoms with Gasteiger partial charge in [0, 0.05) is 17.5 Å². The van der Waals surface area contributed by atoms with E-state index < -0.39 is 0 Å². The number of hydrogen-bond donors (Lipinski definition) is 0. The maximum Gasteiger partial charge on any atom is 0.224 e. The molecule has 1 aliphatic rings. The molecule has 0 spiro atoms. The van der Waals surface area contributed by atoms with Crippen LogP contribution in [-0.4, -0.2) is 4.70 Å². The van der Waals surface area contributed by atoms with Gasteiger partial charge >= 0.3 is 0 Å². The molecule has 0 aromatic heterocycles. The summed E-state index contributed by atoms with van der Waals surface area (Å²) in [6, 6.07) is 9.65. The average Bonchev–Trinajstić information content (AvgIpc) is 3.59. The summed E-state index contributed by atoms with van der Waals surface area (Å²) in [6.07, 6.45) is 50.2. The van der Waals surface area contributed by atoms with Gasteiger partial charge in [-0.3, -0.25) is 0 Å². The number of hydrogen-bond acceptors (Lipinski definition) is 0. The van der Waals surface area contributed by atoms with Crippen molar-refractivity contribution in [1.82, 2.24) is 0 Å². The maximum atomic E-state index is 12.9. The van der Waals surface area contributed by atoms with E-state index >= 15 is 0 Å². The summed E-state index contributed by atoms with van der Waals surface area (Å²) in [4.78, 5) is 0. The maximum absolute atomic E-state index is 12.9. The number of aryl methyl sites for hydroxylation is 4. The summed E-state index contributed by atoms with van der Waals surface area (Å²) in [6.45, 7) is 18.4. The van der Waals surface area contributed by atoms with Crippen molar-refractivity contribution in [3.05, 3.63) is 97.6 Å². The number of allylic oxidation sites excluding steroid dienone is 4. The fourth-order valence-electron chi connectivity index (χ4n) is 10.7. The Kier molecular flexibility index (Phi) is 31.1. The van der Waals surface area contributed by atoms with E-state index in [4.69, 9.17) is 0 Å². The Balaban J connectivity index is 1.92. The fourth-order valence-corrected chi connectivity index (χ4v) is 10.7. The van der Waals surface area contributed by atoms with Crippen LogP contribution >= 0.6 is 0 Å². The highest BCUT2D eigenvalue weighted by molar-refractivity contribution is 5.88. The van der Waals surface area contributed by atoms with Crippen LogP contribution in [0.25, 0.3) is 16.9 Å². The van der Waals surface area contributed by atoms with Crippen LogP contribution in [0.5, 0.6) is 0 Å². The van der Waals surface area contributed by atoms with E-state index in [1.807, 2.05) is 0 Å². The first-order valence-corrected chi connectivity index (χ1v) is 28.9. The Morgan fingerprint density at radius 1 is 0.424 bits per heavy atom. The van der Waals surface area contributed by atoms with Gasteiger partial charge in [-0.05, 0) is 115 Å². The van der Waals surface area contributed by atoms with Crippen LogP contribution in [-0.2, 0) is 38.5 Å². The first-order valence-electron chi connectivity index (χ1n) is 28.9. The molecule has 0 radical (unpaired) electrons. The Morgan fingerprint density at radius 2 is 0.773 bits per heavy atom. The van der Waals surface area contributed by atoms with E-state index in [2.05, 4.69) is 104 Å². The predicted molar refractivity (Wildman–Crippen MR) is 293 cm³/mol. The molecule has 66 heavy (non-hydrogen) atoms. The molecule has 368 valence electrons. The first-order chi connectivity index (χ1) is 32.4. The molecule has 1 aliphatic heterocycles. The SMILES string of the molecule is CCCCCCCCCC#CC1=C(c2cc(CCC)c(CC)c(CCC)c2)[N+](=[N-])C(c2cc(CCC)c(CC)c(CCC)c2)=C1C=CCCCCCCCCCCCCCCCCCCC. The summed E-state index contributed by atoms with van der Waals surface area (Å²) in [5.41, 5.74) is 27.7. The second kappa shape index (κ2) is 35.9. The largest absolute Gasteiger partial charge is 0.493 e. The van der Waals surface area contributed by atoms with Crippen LogP contribution in [0.4, 0.5) is 0 Å². The molecule has 0 bridgehead atoms. The molecule has 0 unspecified atom stereocenters. The monoisotopic (exact) mass is 899 g/mol. The quantitative estimate of drug-likeness (QED) is 0.0365. The van der Waals surface area contributed by atoms with Crippen molar-refractivity contribution in [3.8, 4) is 11.8 Å². The van der Waals surface area contributed by atoms with Crippen molar-refractivity contribution >= 4 is 11.4 Å². The van der Waals surface area contributed by atoms with Crippen LogP contribution in [0.1, 0.15) is 293 Å². The van der Waals surface area contributed by atoms with Crippen molar-refractivity contribution in [1.29, 1.82) is 0 Å². The van der Waals surface area contributed by atoms with Crippen LogP contribution in [0.3, 0.4) is 0 Å². The number of rotatable bonds is 38. The number of benzene rings is 2. The summed E-state index contributed by atoms with van der Waals surface area (Å²) in [5, 5.41) is 0. The summed E-state index contributed by atoms with van der Waals surface area (Å²) in [7, 11) is 0. The Bertz CT molecular complexity index is 1770. The van der Waals surface area contributed by atoms with E-state index in [-0.39, 0.29) is 0 Å². The lowest BCUT2D eigenvalue weighted by atomic mass is 9.89. The lowest BCUT2D eigenvalue weighted by Crippen LogP contribution is -2.08. The molecule has 0 saturated heterocycles. The normalized spacial score (nSPS) is 12.9. The Hall–Kier alpha value is -3.18. The highest BCUT2D eigenvalue weighted by Crippen LogP contribution is 2.43. The molecule has 0 N–H and O–H groups in total. The van der Waals surface area contributed by atoms with Gasteiger partial charge in [0.05, 0.1) is 5.57 Å². The summed E-state index contributed by atoms with van der Waals surface area (Å²) in [5.74, 6) is 7.47. The van der Waals surface area contributed by atoms with Gasteiger partial charge in [-0.25, -0.2) is 4.70 Å². The molecule has 2 heteroatoms. The van der Waals surface area contributed by atoms with Crippen LogP contribution in [0.15, 0.2) is 47.6 Å². The third-order valence-corrected chi connectivity index (χ3v) is 14.3.